The average Bonchev–Trinajstić information content (AvgIpc) is 3.21. The fraction of sp³-hybridized carbons (Fsp3) is 0.292. The summed E-state index contributed by atoms with van der Waals surface area (Å²) < 4.78 is 3.24. The summed E-state index contributed by atoms with van der Waals surface area (Å²) in [6.45, 7) is 4.38. The molecular formula is C24H24Cl2N6O2. The van der Waals surface area contributed by atoms with Gasteiger partial charge in [-0.15, -0.1) is 0 Å². The molecule has 8 nitrogen and oxygen atoms in total. The van der Waals surface area contributed by atoms with E-state index in [2.05, 4.69) is 14.8 Å². The van der Waals surface area contributed by atoms with Gasteiger partial charge in [-0.1, -0.05) is 53.5 Å². The highest BCUT2D eigenvalue weighted by atomic mass is 35.5. The van der Waals surface area contributed by atoms with E-state index in [4.69, 9.17) is 28.2 Å². The molecule has 0 aliphatic carbocycles. The van der Waals surface area contributed by atoms with Crippen LogP contribution in [0.25, 0.3) is 11.2 Å². The average molecular weight is 499 g/mol. The highest BCUT2D eigenvalue weighted by molar-refractivity contribution is 6.31. The quantitative estimate of drug-likeness (QED) is 0.457. The maximum atomic E-state index is 12.8. The van der Waals surface area contributed by atoms with Crippen LogP contribution in [-0.2, 0) is 20.1 Å². The van der Waals surface area contributed by atoms with Gasteiger partial charge in [0.2, 0.25) is 5.95 Å². The van der Waals surface area contributed by atoms with Gasteiger partial charge in [0, 0.05) is 49.8 Å². The Morgan fingerprint density at radius 1 is 0.941 bits per heavy atom. The molecular weight excluding hydrogens is 475 g/mol. The summed E-state index contributed by atoms with van der Waals surface area (Å²) in [5, 5.41) is 1.35. The van der Waals surface area contributed by atoms with Crippen LogP contribution < -0.4 is 16.1 Å². The summed E-state index contributed by atoms with van der Waals surface area (Å²) >= 11 is 12.4. The number of rotatable bonds is 5. The monoisotopic (exact) mass is 498 g/mol. The molecule has 1 fully saturated rings. The Hall–Kier alpha value is -3.07. The largest absolute Gasteiger partial charge is 0.340 e. The molecule has 0 unspecified atom stereocenters. The maximum absolute atomic E-state index is 12.8. The number of fused-ring (bicyclic) bond motifs is 1. The molecule has 1 aliphatic rings. The lowest BCUT2D eigenvalue weighted by Gasteiger charge is -2.35. The summed E-state index contributed by atoms with van der Waals surface area (Å²) in [5.41, 5.74) is 1.87. The van der Waals surface area contributed by atoms with E-state index >= 15 is 0 Å². The van der Waals surface area contributed by atoms with E-state index in [0.29, 0.717) is 28.7 Å². The number of hydrogen-bond acceptors (Lipinski definition) is 5. The van der Waals surface area contributed by atoms with Gasteiger partial charge in [0.1, 0.15) is 0 Å². The number of piperazine rings is 1. The number of hydrogen-bond donors (Lipinski definition) is 1. The van der Waals surface area contributed by atoms with Crippen molar-refractivity contribution in [3.63, 3.8) is 0 Å². The number of nitrogens with zero attached hydrogens (tertiary/aromatic N) is 5. The molecule has 4 aromatic rings. The second-order valence-electron chi connectivity index (χ2n) is 8.47. The molecule has 0 saturated carbocycles. The number of imidazole rings is 1. The van der Waals surface area contributed by atoms with Gasteiger partial charge in [-0.3, -0.25) is 23.8 Å². The van der Waals surface area contributed by atoms with Crippen LogP contribution in [0.15, 0.2) is 58.1 Å². The first-order chi connectivity index (χ1) is 16.4. The van der Waals surface area contributed by atoms with Gasteiger partial charge in [-0.2, -0.15) is 4.98 Å². The van der Waals surface area contributed by atoms with Crippen LogP contribution in [0.2, 0.25) is 10.0 Å². The highest BCUT2D eigenvalue weighted by Gasteiger charge is 2.25. The number of aromatic nitrogens is 4. The van der Waals surface area contributed by atoms with Gasteiger partial charge in [0.15, 0.2) is 11.2 Å². The van der Waals surface area contributed by atoms with Crippen LogP contribution in [-0.4, -0.2) is 50.2 Å². The molecule has 0 atom stereocenters. The van der Waals surface area contributed by atoms with Gasteiger partial charge < -0.3 is 4.90 Å². The van der Waals surface area contributed by atoms with E-state index in [1.807, 2.05) is 53.1 Å². The van der Waals surface area contributed by atoms with Crippen LogP contribution in [0.4, 0.5) is 5.95 Å². The summed E-state index contributed by atoms with van der Waals surface area (Å²) in [5.74, 6) is 0.660. The molecule has 176 valence electrons. The number of nitrogens with one attached hydrogen (secondary N) is 1. The van der Waals surface area contributed by atoms with Crippen LogP contribution in [0.1, 0.15) is 11.1 Å². The second-order valence-corrected chi connectivity index (χ2v) is 9.31. The predicted octanol–water partition coefficient (Wildman–Crippen LogP) is 3.10. The van der Waals surface area contributed by atoms with Crippen molar-refractivity contribution in [2.24, 2.45) is 7.05 Å². The third-order valence-corrected chi connectivity index (χ3v) is 6.87. The SMILES string of the molecule is Cn1c(=O)[nH]c(=O)c2c1nc(N1CCN(Cc3ccc(Cl)cc3)CC1)n2Cc1ccccc1Cl. The van der Waals surface area contributed by atoms with Crippen LogP contribution in [0.3, 0.4) is 0 Å². The first-order valence-electron chi connectivity index (χ1n) is 11.1. The minimum Gasteiger partial charge on any atom is -0.340 e. The van der Waals surface area contributed by atoms with Crippen LogP contribution in [0, 0.1) is 0 Å². The normalized spacial score (nSPS) is 14.7. The Morgan fingerprint density at radius 3 is 2.35 bits per heavy atom. The topological polar surface area (TPSA) is 79.2 Å². The standard InChI is InChI=1S/C24H24Cl2N6O2/c1-29-21-20(22(33)28-24(29)34)32(15-17-4-2-3-5-19(17)26)23(27-21)31-12-10-30(11-13-31)14-16-6-8-18(25)9-7-16/h2-9H,10-15H2,1H3,(H,28,33,34). The fourth-order valence-corrected chi connectivity index (χ4v) is 4.69. The summed E-state index contributed by atoms with van der Waals surface area (Å²) in [6, 6.07) is 15.4. The molecule has 0 amide bonds. The van der Waals surface area contributed by atoms with Gasteiger partial charge >= 0.3 is 5.69 Å². The predicted molar refractivity (Wildman–Crippen MR) is 135 cm³/mol. The van der Waals surface area contributed by atoms with Crippen molar-refractivity contribution in [1.29, 1.82) is 0 Å². The van der Waals surface area contributed by atoms with E-state index in [-0.39, 0.29) is 0 Å². The van der Waals surface area contributed by atoms with Gasteiger partial charge in [-0.25, -0.2) is 4.79 Å². The molecule has 2 aromatic heterocycles. The molecule has 0 radical (unpaired) electrons. The second kappa shape index (κ2) is 9.29. The van der Waals surface area contributed by atoms with Gasteiger partial charge in [0.25, 0.3) is 5.56 Å². The molecule has 10 heteroatoms. The van der Waals surface area contributed by atoms with Crippen LogP contribution >= 0.6 is 23.2 Å². The first-order valence-corrected chi connectivity index (χ1v) is 11.8. The number of anilines is 1. The molecule has 3 heterocycles. The molecule has 1 aliphatic heterocycles. The first kappa shape index (κ1) is 22.7. The van der Waals surface area contributed by atoms with Crippen molar-refractivity contribution in [3.8, 4) is 0 Å². The van der Waals surface area contributed by atoms with Gasteiger partial charge in [0.05, 0.1) is 6.54 Å². The zero-order valence-electron chi connectivity index (χ0n) is 18.7. The third-order valence-electron chi connectivity index (χ3n) is 6.25. The van der Waals surface area contributed by atoms with Crippen molar-refractivity contribution in [2.75, 3.05) is 31.1 Å². The molecule has 34 heavy (non-hydrogen) atoms. The molecule has 2 aromatic carbocycles. The lowest BCUT2D eigenvalue weighted by Crippen LogP contribution is -2.46. The molecule has 1 saturated heterocycles. The smallest absolute Gasteiger partial charge is 0.329 e. The Kier molecular flexibility index (Phi) is 6.20. The van der Waals surface area contributed by atoms with Crippen LogP contribution in [0.5, 0.6) is 0 Å². The third kappa shape index (κ3) is 4.36. The summed E-state index contributed by atoms with van der Waals surface area (Å²) in [6.07, 6.45) is 0. The Bertz CT molecular complexity index is 1450. The molecule has 0 bridgehead atoms. The van der Waals surface area contributed by atoms with E-state index in [1.54, 1.807) is 7.05 Å². The van der Waals surface area contributed by atoms with Crippen molar-refractivity contribution >= 4 is 40.3 Å². The van der Waals surface area contributed by atoms with E-state index < -0.39 is 11.2 Å². The molecule has 0 spiro atoms. The Labute approximate surface area is 206 Å². The number of benzene rings is 2. The lowest BCUT2D eigenvalue weighted by atomic mass is 10.2. The summed E-state index contributed by atoms with van der Waals surface area (Å²) in [4.78, 5) is 36.7. The number of H-pyrrole nitrogens is 1. The van der Waals surface area contributed by atoms with Gasteiger partial charge in [-0.05, 0) is 29.3 Å². The minimum atomic E-state index is -0.487. The molecule has 1 N–H and O–H groups in total. The zero-order valence-corrected chi connectivity index (χ0v) is 20.2. The lowest BCUT2D eigenvalue weighted by molar-refractivity contribution is 0.248. The number of aryl methyl sites for hydroxylation is 1. The van der Waals surface area contributed by atoms with E-state index in [1.165, 1.54) is 10.1 Å². The minimum absolute atomic E-state index is 0.361. The molecule has 5 rings (SSSR count). The Morgan fingerprint density at radius 2 is 1.65 bits per heavy atom. The highest BCUT2D eigenvalue weighted by Crippen LogP contribution is 2.25. The maximum Gasteiger partial charge on any atom is 0.329 e. The fourth-order valence-electron chi connectivity index (χ4n) is 4.37. The Balaban J connectivity index is 1.47. The number of halogens is 2. The van der Waals surface area contributed by atoms with Crippen molar-refractivity contribution < 1.29 is 0 Å². The zero-order chi connectivity index (χ0) is 23.8. The van der Waals surface area contributed by atoms with Crippen molar-refractivity contribution in [1.82, 2.24) is 24.0 Å². The summed E-state index contributed by atoms with van der Waals surface area (Å²) in [7, 11) is 1.61. The van der Waals surface area contributed by atoms with Crippen molar-refractivity contribution in [3.05, 3.63) is 90.5 Å². The number of aromatic amines is 1. The van der Waals surface area contributed by atoms with Crippen molar-refractivity contribution in [2.45, 2.75) is 13.1 Å². The van der Waals surface area contributed by atoms with E-state index in [9.17, 15) is 9.59 Å². The van der Waals surface area contributed by atoms with E-state index in [0.717, 1.165) is 43.3 Å².